The zero-order valence-corrected chi connectivity index (χ0v) is 22.1. The van der Waals surface area contributed by atoms with E-state index in [0.717, 1.165) is 44.3 Å². The molecule has 2 bridgehead atoms. The van der Waals surface area contributed by atoms with Crippen LogP contribution in [0, 0.1) is 49.5 Å². The smallest absolute Gasteiger partial charge is 0.312 e. The standard InChI is InChI=1S/C29H39N3O4/c1-5-36-25(33)28(4)14-6-13-27(3)22(28)12-16-29-18-26(2,15-11-23(27)29)24-21(29)17-31(30-24)19-7-9-20(10-8-19)32(34)35/h7-10,21-23H,5-6,11-18H2,1-4H3/t21-,22?,23?,26+,27-,28-,29-/m1/s1. The minimum atomic E-state index is -0.388. The van der Waals surface area contributed by atoms with Crippen molar-refractivity contribution in [3.8, 4) is 0 Å². The van der Waals surface area contributed by atoms with Crippen molar-refractivity contribution in [1.82, 2.24) is 0 Å². The molecular weight excluding hydrogens is 454 g/mol. The summed E-state index contributed by atoms with van der Waals surface area (Å²) < 4.78 is 5.64. The average molecular weight is 494 g/mol. The Kier molecular flexibility index (Phi) is 5.17. The van der Waals surface area contributed by atoms with Gasteiger partial charge in [-0.05, 0) is 93.6 Å². The first-order valence-corrected chi connectivity index (χ1v) is 13.9. The van der Waals surface area contributed by atoms with Gasteiger partial charge in [0.2, 0.25) is 0 Å². The number of fused-ring (bicyclic) bond motifs is 5. The van der Waals surface area contributed by atoms with Gasteiger partial charge in [0, 0.05) is 29.2 Å². The first-order valence-electron chi connectivity index (χ1n) is 13.9. The Morgan fingerprint density at radius 3 is 2.53 bits per heavy atom. The number of esters is 1. The Morgan fingerprint density at radius 1 is 1.11 bits per heavy atom. The normalized spacial score (nSPS) is 42.7. The number of carbonyl (C=O) groups is 1. The second-order valence-electron chi connectivity index (χ2n) is 13.0. The van der Waals surface area contributed by atoms with Crippen molar-refractivity contribution in [2.24, 2.45) is 44.5 Å². The van der Waals surface area contributed by atoms with E-state index in [0.29, 0.717) is 24.4 Å². The predicted molar refractivity (Wildman–Crippen MR) is 139 cm³/mol. The first-order chi connectivity index (χ1) is 17.1. The topological polar surface area (TPSA) is 85.0 Å². The molecule has 6 rings (SSSR count). The van der Waals surface area contributed by atoms with Gasteiger partial charge >= 0.3 is 5.97 Å². The van der Waals surface area contributed by atoms with Gasteiger partial charge in [-0.3, -0.25) is 19.9 Å². The number of nitro groups is 1. The second-order valence-corrected chi connectivity index (χ2v) is 13.0. The van der Waals surface area contributed by atoms with Gasteiger partial charge in [-0.1, -0.05) is 20.3 Å². The number of nitrogens with zero attached hydrogens (tertiary/aromatic N) is 3. The summed E-state index contributed by atoms with van der Waals surface area (Å²) in [4.78, 5) is 24.0. The summed E-state index contributed by atoms with van der Waals surface area (Å²) in [6.45, 7) is 10.3. The lowest BCUT2D eigenvalue weighted by molar-refractivity contribution is -0.384. The number of rotatable bonds is 4. The van der Waals surface area contributed by atoms with Crippen molar-refractivity contribution in [3.63, 3.8) is 0 Å². The number of anilines is 1. The Labute approximate surface area is 213 Å². The maximum absolute atomic E-state index is 13.2. The summed E-state index contributed by atoms with van der Waals surface area (Å²) in [7, 11) is 0. The van der Waals surface area contributed by atoms with E-state index in [9.17, 15) is 14.9 Å². The van der Waals surface area contributed by atoms with Gasteiger partial charge in [-0.25, -0.2) is 0 Å². The fourth-order valence-corrected chi connectivity index (χ4v) is 10.0. The first kappa shape index (κ1) is 23.9. The van der Waals surface area contributed by atoms with Gasteiger partial charge in [0.1, 0.15) is 0 Å². The zero-order chi connectivity index (χ0) is 25.5. The van der Waals surface area contributed by atoms with Gasteiger partial charge in [0.15, 0.2) is 0 Å². The number of ether oxygens (including phenoxy) is 1. The van der Waals surface area contributed by atoms with Crippen LogP contribution in [0.4, 0.5) is 11.4 Å². The Balaban J connectivity index is 1.34. The molecule has 0 amide bonds. The van der Waals surface area contributed by atoms with Crippen molar-refractivity contribution in [3.05, 3.63) is 34.4 Å². The van der Waals surface area contributed by atoms with E-state index >= 15 is 0 Å². The molecule has 36 heavy (non-hydrogen) atoms. The highest BCUT2D eigenvalue weighted by Gasteiger charge is 2.71. The molecule has 1 spiro atoms. The third-order valence-electron chi connectivity index (χ3n) is 11.4. The van der Waals surface area contributed by atoms with Gasteiger partial charge in [0.25, 0.3) is 5.69 Å². The van der Waals surface area contributed by atoms with Crippen molar-refractivity contribution < 1.29 is 14.5 Å². The summed E-state index contributed by atoms with van der Waals surface area (Å²) >= 11 is 0. The monoisotopic (exact) mass is 493 g/mol. The lowest BCUT2D eigenvalue weighted by Gasteiger charge is -2.64. The third kappa shape index (κ3) is 3.03. The molecule has 2 unspecified atom stereocenters. The van der Waals surface area contributed by atoms with Crippen LogP contribution in [0.1, 0.15) is 79.1 Å². The minimum absolute atomic E-state index is 0.0106. The van der Waals surface area contributed by atoms with Crippen LogP contribution in [-0.2, 0) is 9.53 Å². The van der Waals surface area contributed by atoms with Crippen LogP contribution >= 0.6 is 0 Å². The van der Waals surface area contributed by atoms with E-state index in [1.165, 1.54) is 25.0 Å². The number of hydrazone groups is 1. The average Bonchev–Trinajstić information content (AvgIpc) is 3.36. The van der Waals surface area contributed by atoms with E-state index in [4.69, 9.17) is 9.84 Å². The van der Waals surface area contributed by atoms with Crippen molar-refractivity contribution in [2.45, 2.75) is 79.1 Å². The largest absolute Gasteiger partial charge is 0.466 e. The van der Waals surface area contributed by atoms with Crippen molar-refractivity contribution in [2.75, 3.05) is 18.2 Å². The Bertz CT molecular complexity index is 1130. The fraction of sp³-hybridized carbons (Fsp3) is 0.724. The molecule has 0 aromatic heterocycles. The maximum Gasteiger partial charge on any atom is 0.312 e. The molecule has 4 saturated carbocycles. The molecule has 4 aliphatic carbocycles. The van der Waals surface area contributed by atoms with E-state index < -0.39 is 0 Å². The van der Waals surface area contributed by atoms with Crippen LogP contribution in [0.25, 0.3) is 0 Å². The molecule has 1 aromatic carbocycles. The summed E-state index contributed by atoms with van der Waals surface area (Å²) in [5.41, 5.74) is 2.50. The summed E-state index contributed by atoms with van der Waals surface area (Å²) in [6.07, 6.45) is 9.04. The van der Waals surface area contributed by atoms with Crippen LogP contribution in [-0.4, -0.2) is 29.8 Å². The fourth-order valence-electron chi connectivity index (χ4n) is 10.0. The van der Waals surface area contributed by atoms with Gasteiger partial charge in [0.05, 0.1) is 29.2 Å². The number of hydrogen-bond donors (Lipinski definition) is 0. The van der Waals surface area contributed by atoms with Gasteiger partial charge in [-0.15, -0.1) is 0 Å². The number of carbonyl (C=O) groups excluding carboxylic acids is 1. The molecule has 7 nitrogen and oxygen atoms in total. The highest BCUT2D eigenvalue weighted by Crippen LogP contribution is 2.75. The highest BCUT2D eigenvalue weighted by molar-refractivity contribution is 5.98. The molecule has 4 fully saturated rings. The highest BCUT2D eigenvalue weighted by atomic mass is 16.6. The van der Waals surface area contributed by atoms with Crippen LogP contribution in [0.2, 0.25) is 0 Å². The number of hydrogen-bond acceptors (Lipinski definition) is 6. The molecule has 7 atom stereocenters. The van der Waals surface area contributed by atoms with Crippen LogP contribution in [0.15, 0.2) is 29.4 Å². The van der Waals surface area contributed by atoms with E-state index in [1.807, 2.05) is 19.1 Å². The van der Waals surface area contributed by atoms with E-state index in [1.54, 1.807) is 12.1 Å². The molecule has 0 radical (unpaired) electrons. The molecule has 7 heteroatoms. The molecule has 0 saturated heterocycles. The summed E-state index contributed by atoms with van der Waals surface area (Å²) in [5.74, 6) is 1.38. The molecule has 5 aliphatic rings. The van der Waals surface area contributed by atoms with Gasteiger partial charge in [-0.2, -0.15) is 5.10 Å². The number of benzene rings is 1. The Morgan fingerprint density at radius 2 is 1.83 bits per heavy atom. The predicted octanol–water partition coefficient (Wildman–Crippen LogP) is 6.36. The lowest BCUT2D eigenvalue weighted by atomic mass is 9.39. The van der Waals surface area contributed by atoms with Crippen LogP contribution < -0.4 is 5.01 Å². The van der Waals surface area contributed by atoms with E-state index in [-0.39, 0.29) is 38.2 Å². The molecule has 194 valence electrons. The molecule has 1 aromatic rings. The SMILES string of the molecule is CCOC(=O)[C@]1(C)CCC[C@@]2(C)C3CC[C@@]4(C)C[C@]3(CCC21)[C@@H]1CN(c2ccc([N+](=O)[O-])cc2)N=C14. The van der Waals surface area contributed by atoms with Crippen molar-refractivity contribution >= 4 is 23.1 Å². The summed E-state index contributed by atoms with van der Waals surface area (Å²) in [5, 5.41) is 18.4. The zero-order valence-electron chi connectivity index (χ0n) is 22.1. The minimum Gasteiger partial charge on any atom is -0.466 e. The summed E-state index contributed by atoms with van der Waals surface area (Å²) in [6, 6.07) is 6.83. The van der Waals surface area contributed by atoms with Crippen LogP contribution in [0.5, 0.6) is 0 Å². The Hall–Kier alpha value is -2.44. The van der Waals surface area contributed by atoms with Gasteiger partial charge < -0.3 is 4.74 Å². The molecule has 1 aliphatic heterocycles. The third-order valence-corrected chi connectivity index (χ3v) is 11.4. The van der Waals surface area contributed by atoms with E-state index in [2.05, 4.69) is 25.8 Å². The molecule has 1 heterocycles. The molecule has 0 N–H and O–H groups in total. The second kappa shape index (κ2) is 7.78. The number of non-ortho nitro benzene ring substituents is 1. The van der Waals surface area contributed by atoms with Crippen molar-refractivity contribution in [1.29, 1.82) is 0 Å². The van der Waals surface area contributed by atoms with Crippen LogP contribution in [0.3, 0.4) is 0 Å². The molecular formula is C29H39N3O4. The number of nitro benzene ring substituents is 1. The maximum atomic E-state index is 13.2. The quantitative estimate of drug-likeness (QED) is 0.277. The lowest BCUT2D eigenvalue weighted by Crippen LogP contribution is -2.60.